The molecule has 0 saturated carbocycles. The van der Waals surface area contributed by atoms with Crippen molar-refractivity contribution in [2.45, 2.75) is 12.1 Å². The molecule has 54 valence electrons. The van der Waals surface area contributed by atoms with E-state index in [1.807, 2.05) is 19.4 Å². The van der Waals surface area contributed by atoms with Crippen molar-refractivity contribution in [1.29, 1.82) is 0 Å². The van der Waals surface area contributed by atoms with Gasteiger partial charge in [0, 0.05) is 18.9 Å². The Bertz CT molecular complexity index is 207. The molecule has 2 heterocycles. The SMILES string of the molecule is CN1C=C(N)C2NC=CC21. The minimum absolute atomic E-state index is 0.324. The lowest BCUT2D eigenvalue weighted by molar-refractivity contribution is 0.391. The molecule has 0 saturated heterocycles. The highest BCUT2D eigenvalue weighted by atomic mass is 15.2. The minimum atomic E-state index is 0.324. The van der Waals surface area contributed by atoms with Gasteiger partial charge < -0.3 is 16.0 Å². The van der Waals surface area contributed by atoms with Crippen molar-refractivity contribution in [2.75, 3.05) is 7.05 Å². The molecule has 2 atom stereocenters. The fourth-order valence-corrected chi connectivity index (χ4v) is 1.53. The second-order valence-electron chi connectivity index (χ2n) is 2.79. The highest BCUT2D eigenvalue weighted by Gasteiger charge is 2.32. The molecule has 0 aromatic rings. The summed E-state index contributed by atoms with van der Waals surface area (Å²) in [5.41, 5.74) is 6.66. The van der Waals surface area contributed by atoms with Crippen molar-refractivity contribution in [3.8, 4) is 0 Å². The molecular weight excluding hydrogens is 126 g/mol. The Morgan fingerprint density at radius 1 is 1.70 bits per heavy atom. The van der Waals surface area contributed by atoms with Crippen molar-refractivity contribution >= 4 is 0 Å². The first kappa shape index (κ1) is 5.65. The van der Waals surface area contributed by atoms with Gasteiger partial charge in [0.1, 0.15) is 0 Å². The van der Waals surface area contributed by atoms with Crippen LogP contribution in [0.15, 0.2) is 24.2 Å². The van der Waals surface area contributed by atoms with Gasteiger partial charge in [-0.25, -0.2) is 0 Å². The van der Waals surface area contributed by atoms with Gasteiger partial charge in [0.2, 0.25) is 0 Å². The first-order chi connectivity index (χ1) is 4.79. The Morgan fingerprint density at radius 3 is 3.20 bits per heavy atom. The summed E-state index contributed by atoms with van der Waals surface area (Å²) in [5, 5.41) is 3.18. The molecule has 3 nitrogen and oxygen atoms in total. The predicted molar refractivity (Wildman–Crippen MR) is 39.9 cm³/mol. The maximum Gasteiger partial charge on any atom is 0.0909 e. The van der Waals surface area contributed by atoms with Gasteiger partial charge in [-0.2, -0.15) is 0 Å². The van der Waals surface area contributed by atoms with Gasteiger partial charge in [-0.15, -0.1) is 0 Å². The van der Waals surface area contributed by atoms with Crippen LogP contribution < -0.4 is 11.1 Å². The second-order valence-corrected chi connectivity index (χ2v) is 2.79. The molecule has 0 aromatic carbocycles. The number of nitrogens with one attached hydrogen (secondary N) is 1. The molecule has 2 unspecified atom stereocenters. The van der Waals surface area contributed by atoms with E-state index >= 15 is 0 Å². The largest absolute Gasteiger partial charge is 0.399 e. The zero-order valence-corrected chi connectivity index (χ0v) is 5.91. The summed E-state index contributed by atoms with van der Waals surface area (Å²) in [7, 11) is 2.04. The number of hydrogen-bond donors (Lipinski definition) is 2. The molecule has 0 spiro atoms. The van der Waals surface area contributed by atoms with Gasteiger partial charge in [0.15, 0.2) is 0 Å². The summed E-state index contributed by atoms with van der Waals surface area (Å²) < 4.78 is 0. The number of rotatable bonds is 0. The van der Waals surface area contributed by atoms with Gasteiger partial charge in [-0.3, -0.25) is 0 Å². The highest BCUT2D eigenvalue weighted by Crippen LogP contribution is 2.21. The molecule has 0 amide bonds. The average Bonchev–Trinajstić information content (AvgIpc) is 2.39. The fourth-order valence-electron chi connectivity index (χ4n) is 1.53. The number of hydrogen-bond acceptors (Lipinski definition) is 3. The van der Waals surface area contributed by atoms with Gasteiger partial charge in [0.05, 0.1) is 12.1 Å². The summed E-state index contributed by atoms with van der Waals surface area (Å²) in [6.07, 6.45) is 6.07. The number of nitrogens with zero attached hydrogens (tertiary/aromatic N) is 1. The summed E-state index contributed by atoms with van der Waals surface area (Å²) in [5.74, 6) is 0. The molecule has 2 aliphatic rings. The predicted octanol–water partition coefficient (Wildman–Crippen LogP) is -0.414. The van der Waals surface area contributed by atoms with E-state index in [2.05, 4.69) is 16.3 Å². The van der Waals surface area contributed by atoms with E-state index in [0.29, 0.717) is 12.1 Å². The number of likely N-dealkylation sites (N-methyl/N-ethyl adjacent to an activating group) is 1. The van der Waals surface area contributed by atoms with Gasteiger partial charge >= 0.3 is 0 Å². The van der Waals surface area contributed by atoms with Crippen LogP contribution in [0.3, 0.4) is 0 Å². The Labute approximate surface area is 60.2 Å². The van der Waals surface area contributed by atoms with E-state index in [-0.39, 0.29) is 0 Å². The first-order valence-electron chi connectivity index (χ1n) is 3.41. The smallest absolute Gasteiger partial charge is 0.0909 e. The van der Waals surface area contributed by atoms with Crippen LogP contribution in [0.25, 0.3) is 0 Å². The maximum absolute atomic E-state index is 5.73. The van der Waals surface area contributed by atoms with Gasteiger partial charge in [-0.05, 0) is 12.3 Å². The van der Waals surface area contributed by atoms with Crippen molar-refractivity contribution in [2.24, 2.45) is 5.73 Å². The molecule has 10 heavy (non-hydrogen) atoms. The third-order valence-electron chi connectivity index (χ3n) is 2.09. The Morgan fingerprint density at radius 2 is 2.50 bits per heavy atom. The minimum Gasteiger partial charge on any atom is -0.399 e. The molecule has 0 aliphatic carbocycles. The lowest BCUT2D eigenvalue weighted by Gasteiger charge is -2.18. The van der Waals surface area contributed by atoms with Crippen LogP contribution in [0.5, 0.6) is 0 Å². The Hall–Kier alpha value is -1.12. The van der Waals surface area contributed by atoms with E-state index in [0.717, 1.165) is 5.70 Å². The third kappa shape index (κ3) is 0.546. The number of fused-ring (bicyclic) bond motifs is 1. The van der Waals surface area contributed by atoms with E-state index in [4.69, 9.17) is 5.73 Å². The first-order valence-corrected chi connectivity index (χ1v) is 3.41. The summed E-state index contributed by atoms with van der Waals surface area (Å²) in [4.78, 5) is 2.12. The van der Waals surface area contributed by atoms with Crippen molar-refractivity contribution < 1.29 is 0 Å². The fraction of sp³-hybridized carbons (Fsp3) is 0.429. The molecule has 0 bridgehead atoms. The standard InChI is InChI=1S/C7H11N3/c1-10-4-5(8)7-6(10)2-3-9-7/h2-4,6-7,9H,8H2,1H3. The van der Waals surface area contributed by atoms with E-state index in [1.165, 1.54) is 0 Å². The van der Waals surface area contributed by atoms with E-state index < -0.39 is 0 Å². The van der Waals surface area contributed by atoms with Gasteiger partial charge in [-0.1, -0.05) is 0 Å². The zero-order valence-electron chi connectivity index (χ0n) is 5.91. The average molecular weight is 137 g/mol. The van der Waals surface area contributed by atoms with Crippen LogP contribution in [-0.4, -0.2) is 24.0 Å². The van der Waals surface area contributed by atoms with Crippen LogP contribution in [0.4, 0.5) is 0 Å². The lowest BCUT2D eigenvalue weighted by atomic mass is 10.1. The maximum atomic E-state index is 5.73. The van der Waals surface area contributed by atoms with Crippen molar-refractivity contribution in [1.82, 2.24) is 10.2 Å². The molecule has 0 fully saturated rings. The lowest BCUT2D eigenvalue weighted by Crippen LogP contribution is -2.36. The van der Waals surface area contributed by atoms with Crippen molar-refractivity contribution in [3.63, 3.8) is 0 Å². The van der Waals surface area contributed by atoms with E-state index in [1.54, 1.807) is 0 Å². The molecule has 0 aromatic heterocycles. The number of nitrogens with two attached hydrogens (primary N) is 1. The molecular formula is C7H11N3. The van der Waals surface area contributed by atoms with Crippen LogP contribution in [0.1, 0.15) is 0 Å². The van der Waals surface area contributed by atoms with Crippen molar-refractivity contribution in [3.05, 3.63) is 24.2 Å². The molecule has 2 aliphatic heterocycles. The second kappa shape index (κ2) is 1.68. The Balaban J connectivity index is 2.26. The van der Waals surface area contributed by atoms with E-state index in [9.17, 15) is 0 Å². The quantitative estimate of drug-likeness (QED) is 0.476. The summed E-state index contributed by atoms with van der Waals surface area (Å²) in [6, 6.07) is 0.769. The van der Waals surface area contributed by atoms with Crippen LogP contribution in [-0.2, 0) is 0 Å². The van der Waals surface area contributed by atoms with Gasteiger partial charge in [0.25, 0.3) is 0 Å². The van der Waals surface area contributed by atoms with Crippen LogP contribution in [0.2, 0.25) is 0 Å². The summed E-state index contributed by atoms with van der Waals surface area (Å²) >= 11 is 0. The van der Waals surface area contributed by atoms with Crippen LogP contribution >= 0.6 is 0 Å². The molecule has 3 heteroatoms. The Kier molecular flexibility index (Phi) is 0.952. The summed E-state index contributed by atoms with van der Waals surface area (Å²) in [6.45, 7) is 0. The molecule has 2 rings (SSSR count). The molecule has 3 N–H and O–H groups in total. The zero-order chi connectivity index (χ0) is 7.14. The normalized spacial score (nSPS) is 35.7. The molecule has 0 radical (unpaired) electrons. The highest BCUT2D eigenvalue weighted by molar-refractivity contribution is 5.27. The van der Waals surface area contributed by atoms with Crippen LogP contribution in [0, 0.1) is 0 Å². The monoisotopic (exact) mass is 137 g/mol. The third-order valence-corrected chi connectivity index (χ3v) is 2.09. The topological polar surface area (TPSA) is 41.3 Å².